The van der Waals surface area contributed by atoms with Crippen molar-refractivity contribution in [2.75, 3.05) is 11.6 Å². The first-order valence-corrected chi connectivity index (χ1v) is 6.50. The van der Waals surface area contributed by atoms with Crippen molar-refractivity contribution >= 4 is 17.5 Å². The van der Waals surface area contributed by atoms with Crippen LogP contribution >= 0.6 is 0 Å². The number of nitrogens with zero attached hydrogens (tertiary/aromatic N) is 2. The van der Waals surface area contributed by atoms with Crippen LogP contribution in [0.4, 0.5) is 10.1 Å². The molecule has 4 nitrogen and oxygen atoms in total. The van der Waals surface area contributed by atoms with Crippen LogP contribution in [0.25, 0.3) is 0 Å². The van der Waals surface area contributed by atoms with Gasteiger partial charge < -0.3 is 4.74 Å². The van der Waals surface area contributed by atoms with Crippen LogP contribution in [0.15, 0.2) is 53.6 Å². The zero-order chi connectivity index (χ0) is 14.8. The highest BCUT2D eigenvalue weighted by molar-refractivity contribution is 6.04. The molecule has 0 N–H and O–H groups in total. The number of hydrogen-bond acceptors (Lipinski definition) is 3. The molecule has 3 rings (SSSR count). The number of benzene rings is 2. The Balaban J connectivity index is 1.98. The molecule has 0 atom stereocenters. The zero-order valence-electron chi connectivity index (χ0n) is 11.4. The third-order valence-electron chi connectivity index (χ3n) is 3.11. The fraction of sp³-hybridized carbons (Fsp3) is 0.125. The summed E-state index contributed by atoms with van der Waals surface area (Å²) in [6.07, 6.45) is 0. The molecule has 0 radical (unpaired) electrons. The van der Waals surface area contributed by atoms with Gasteiger partial charge in [0.1, 0.15) is 5.82 Å². The normalized spacial score (nSPS) is 14.7. The molecule has 5 heteroatoms. The average Bonchev–Trinajstić information content (AvgIpc) is 2.49. The highest BCUT2D eigenvalue weighted by atomic mass is 19.1. The van der Waals surface area contributed by atoms with E-state index in [9.17, 15) is 9.18 Å². The van der Waals surface area contributed by atoms with E-state index in [2.05, 4.69) is 5.10 Å². The first-order valence-electron chi connectivity index (χ1n) is 6.50. The van der Waals surface area contributed by atoms with Crippen molar-refractivity contribution in [2.45, 2.75) is 6.92 Å². The van der Waals surface area contributed by atoms with Crippen LogP contribution in [0.3, 0.4) is 0 Å². The highest BCUT2D eigenvalue weighted by Crippen LogP contribution is 2.20. The molecule has 21 heavy (non-hydrogen) atoms. The Hall–Kier alpha value is -2.69. The van der Waals surface area contributed by atoms with Crippen molar-refractivity contribution in [3.63, 3.8) is 0 Å². The maximum absolute atomic E-state index is 13.3. The van der Waals surface area contributed by atoms with Gasteiger partial charge in [0.2, 0.25) is 5.90 Å². The van der Waals surface area contributed by atoms with Gasteiger partial charge in [-0.1, -0.05) is 23.8 Å². The third kappa shape index (κ3) is 2.76. The lowest BCUT2D eigenvalue weighted by molar-refractivity contribution is -0.121. The molecule has 106 valence electrons. The van der Waals surface area contributed by atoms with Crippen molar-refractivity contribution in [1.82, 2.24) is 0 Å². The topological polar surface area (TPSA) is 41.9 Å². The standard InChI is InChI=1S/C16H13FN2O2/c1-11-5-7-12(8-6-11)16-18-19(15(20)10-21-16)14-4-2-3-13(17)9-14/h2-9H,10H2,1H3. The van der Waals surface area contributed by atoms with Crippen LogP contribution < -0.4 is 5.01 Å². The molecule has 0 fully saturated rings. The van der Waals surface area contributed by atoms with E-state index in [4.69, 9.17) is 4.74 Å². The second-order valence-corrected chi connectivity index (χ2v) is 4.75. The molecule has 1 aliphatic heterocycles. The SMILES string of the molecule is Cc1ccc(C2=NN(c3cccc(F)c3)C(=O)CO2)cc1. The van der Waals surface area contributed by atoms with E-state index in [1.165, 1.54) is 23.2 Å². The Morgan fingerprint density at radius 3 is 2.67 bits per heavy atom. The number of rotatable bonds is 2. The van der Waals surface area contributed by atoms with E-state index in [0.29, 0.717) is 11.6 Å². The number of ether oxygens (including phenoxy) is 1. The second-order valence-electron chi connectivity index (χ2n) is 4.75. The average molecular weight is 284 g/mol. The molecule has 0 spiro atoms. The summed E-state index contributed by atoms with van der Waals surface area (Å²) in [7, 11) is 0. The summed E-state index contributed by atoms with van der Waals surface area (Å²) >= 11 is 0. The van der Waals surface area contributed by atoms with Crippen LogP contribution in [-0.4, -0.2) is 18.4 Å². The number of carbonyl (C=O) groups excluding carboxylic acids is 1. The van der Waals surface area contributed by atoms with Crippen LogP contribution in [0.1, 0.15) is 11.1 Å². The van der Waals surface area contributed by atoms with E-state index in [0.717, 1.165) is 11.1 Å². The number of halogens is 1. The minimum absolute atomic E-state index is 0.122. The molecule has 1 heterocycles. The first kappa shape index (κ1) is 13.3. The largest absolute Gasteiger partial charge is 0.466 e. The maximum Gasteiger partial charge on any atom is 0.285 e. The van der Waals surface area contributed by atoms with Gasteiger partial charge in [0.05, 0.1) is 5.69 Å². The van der Waals surface area contributed by atoms with Gasteiger partial charge in [-0.05, 0) is 37.3 Å². The van der Waals surface area contributed by atoms with Crippen molar-refractivity contribution in [3.8, 4) is 0 Å². The van der Waals surface area contributed by atoms with Crippen LogP contribution in [0, 0.1) is 12.7 Å². The van der Waals surface area contributed by atoms with Gasteiger partial charge in [-0.15, -0.1) is 5.10 Å². The van der Waals surface area contributed by atoms with Gasteiger partial charge in [0.15, 0.2) is 6.61 Å². The monoisotopic (exact) mass is 284 g/mol. The van der Waals surface area contributed by atoms with Gasteiger partial charge >= 0.3 is 0 Å². The molecular formula is C16H13FN2O2. The lowest BCUT2D eigenvalue weighted by Gasteiger charge is -2.23. The Morgan fingerprint density at radius 1 is 1.19 bits per heavy atom. The summed E-state index contributed by atoms with van der Waals surface area (Å²) in [5.74, 6) is -0.408. The van der Waals surface area contributed by atoms with E-state index >= 15 is 0 Å². The fourth-order valence-corrected chi connectivity index (χ4v) is 2.01. The quantitative estimate of drug-likeness (QED) is 0.851. The van der Waals surface area contributed by atoms with Gasteiger partial charge in [-0.3, -0.25) is 4.79 Å². The van der Waals surface area contributed by atoms with Crippen LogP contribution in [0.5, 0.6) is 0 Å². The van der Waals surface area contributed by atoms with E-state index in [-0.39, 0.29) is 12.5 Å². The van der Waals surface area contributed by atoms with E-state index < -0.39 is 5.82 Å². The Kier molecular flexibility index (Phi) is 3.39. The molecule has 1 aliphatic rings. The summed E-state index contributed by atoms with van der Waals surface area (Å²) in [4.78, 5) is 11.9. The predicted molar refractivity (Wildman–Crippen MR) is 77.6 cm³/mol. The molecule has 0 saturated carbocycles. The Morgan fingerprint density at radius 2 is 1.95 bits per heavy atom. The molecule has 2 aromatic rings. The zero-order valence-corrected chi connectivity index (χ0v) is 11.4. The maximum atomic E-state index is 13.3. The lowest BCUT2D eigenvalue weighted by atomic mass is 10.1. The second kappa shape index (κ2) is 5.36. The van der Waals surface area contributed by atoms with E-state index in [1.54, 1.807) is 6.07 Å². The first-order chi connectivity index (χ1) is 10.1. The van der Waals surface area contributed by atoms with Crippen molar-refractivity contribution in [1.29, 1.82) is 0 Å². The van der Waals surface area contributed by atoms with Crippen molar-refractivity contribution in [2.24, 2.45) is 5.10 Å². The van der Waals surface area contributed by atoms with Crippen LogP contribution in [0.2, 0.25) is 0 Å². The predicted octanol–water partition coefficient (Wildman–Crippen LogP) is 2.86. The van der Waals surface area contributed by atoms with Gasteiger partial charge in [0, 0.05) is 5.56 Å². The lowest BCUT2D eigenvalue weighted by Crippen LogP contribution is -2.36. The molecule has 0 unspecified atom stereocenters. The van der Waals surface area contributed by atoms with Crippen molar-refractivity contribution < 1.29 is 13.9 Å². The summed E-state index contributed by atoms with van der Waals surface area (Å²) in [5.41, 5.74) is 2.27. The minimum atomic E-state index is -0.418. The van der Waals surface area contributed by atoms with Gasteiger partial charge in [0.25, 0.3) is 5.91 Å². The van der Waals surface area contributed by atoms with Gasteiger partial charge in [-0.25, -0.2) is 4.39 Å². The van der Waals surface area contributed by atoms with Crippen LogP contribution in [-0.2, 0) is 9.53 Å². The number of carbonyl (C=O) groups is 1. The molecular weight excluding hydrogens is 271 g/mol. The van der Waals surface area contributed by atoms with Crippen molar-refractivity contribution in [3.05, 3.63) is 65.5 Å². The van der Waals surface area contributed by atoms with E-state index in [1.807, 2.05) is 31.2 Å². The smallest absolute Gasteiger partial charge is 0.285 e. The minimum Gasteiger partial charge on any atom is -0.466 e. The molecule has 2 aromatic carbocycles. The Labute approximate surface area is 121 Å². The summed E-state index contributed by atoms with van der Waals surface area (Å²) < 4.78 is 18.7. The molecule has 0 bridgehead atoms. The number of hydrogen-bond donors (Lipinski definition) is 0. The number of aryl methyl sites for hydroxylation is 1. The third-order valence-corrected chi connectivity index (χ3v) is 3.11. The number of amides is 1. The number of anilines is 1. The highest BCUT2D eigenvalue weighted by Gasteiger charge is 2.24. The summed E-state index contributed by atoms with van der Waals surface area (Å²) in [6.45, 7) is 1.86. The number of hydrazone groups is 1. The molecule has 0 aliphatic carbocycles. The Bertz CT molecular complexity index is 710. The van der Waals surface area contributed by atoms with Gasteiger partial charge in [-0.2, -0.15) is 5.01 Å². The molecule has 0 aromatic heterocycles. The molecule has 1 amide bonds. The molecule has 0 saturated heterocycles. The summed E-state index contributed by atoms with van der Waals surface area (Å²) in [5, 5.41) is 5.35. The fourth-order valence-electron chi connectivity index (χ4n) is 2.01. The summed E-state index contributed by atoms with van der Waals surface area (Å²) in [6, 6.07) is 13.4.